The summed E-state index contributed by atoms with van der Waals surface area (Å²) < 4.78 is 0. The van der Waals surface area contributed by atoms with Crippen LogP contribution in [0.5, 0.6) is 0 Å². The van der Waals surface area contributed by atoms with Gasteiger partial charge in [-0.1, -0.05) is 19.8 Å². The fraction of sp³-hybridized carbons (Fsp3) is 0.846. The summed E-state index contributed by atoms with van der Waals surface area (Å²) in [7, 11) is 0. The first kappa shape index (κ1) is 16.6. The van der Waals surface area contributed by atoms with Crippen LogP contribution in [0.15, 0.2) is 0 Å². The van der Waals surface area contributed by atoms with Gasteiger partial charge in [0.1, 0.15) is 0 Å². The maximum Gasteiger partial charge on any atom is 0 e. The quantitative estimate of drug-likeness (QED) is 0.682. The average Bonchev–Trinajstić information content (AvgIpc) is 2.24. The van der Waals surface area contributed by atoms with E-state index in [0.717, 1.165) is 19.0 Å². The standard InChI is InChI=1S/C12H20NO.CH3.Y/c1-11-2-4-12(5-3-11)6-8-13(10-14)9-7-12;;/h11H,2-9H2,1H3;1H3;/q2*-1;. The molecule has 0 bridgehead atoms. The Morgan fingerprint density at radius 3 is 2.06 bits per heavy atom. The molecule has 0 aromatic rings. The van der Waals surface area contributed by atoms with Gasteiger partial charge in [-0.2, -0.15) is 6.41 Å². The number of hydrogen-bond donors (Lipinski definition) is 0. The van der Waals surface area contributed by atoms with Crippen molar-refractivity contribution in [2.24, 2.45) is 11.3 Å². The zero-order valence-corrected chi connectivity index (χ0v) is 13.5. The van der Waals surface area contributed by atoms with Gasteiger partial charge >= 0.3 is 0 Å². The Morgan fingerprint density at radius 2 is 1.62 bits per heavy atom. The second-order valence-corrected chi connectivity index (χ2v) is 5.26. The minimum absolute atomic E-state index is 0. The summed E-state index contributed by atoms with van der Waals surface area (Å²) in [5.41, 5.74) is 0.597. The van der Waals surface area contributed by atoms with E-state index in [0.29, 0.717) is 5.41 Å². The van der Waals surface area contributed by atoms with Gasteiger partial charge in [0, 0.05) is 32.7 Å². The van der Waals surface area contributed by atoms with Gasteiger partial charge in [0.25, 0.3) is 0 Å². The van der Waals surface area contributed by atoms with Crippen molar-refractivity contribution in [2.75, 3.05) is 13.1 Å². The number of nitrogens with zero attached hydrogens (tertiary/aromatic N) is 1. The minimum atomic E-state index is 0. The monoisotopic (exact) mass is 298 g/mol. The topological polar surface area (TPSA) is 20.3 Å². The third kappa shape index (κ3) is 3.80. The molecule has 91 valence electrons. The predicted octanol–water partition coefficient (Wildman–Crippen LogP) is 2.79. The van der Waals surface area contributed by atoms with Gasteiger partial charge in [0.15, 0.2) is 0 Å². The Kier molecular flexibility index (Phi) is 7.36. The second-order valence-electron chi connectivity index (χ2n) is 5.26. The Balaban J connectivity index is 0.00000112. The molecule has 0 unspecified atom stereocenters. The molecule has 1 radical (unpaired) electrons. The van der Waals surface area contributed by atoms with E-state index in [1.807, 2.05) is 11.3 Å². The molecule has 1 amide bonds. The van der Waals surface area contributed by atoms with Crippen molar-refractivity contribution in [1.82, 2.24) is 4.90 Å². The summed E-state index contributed by atoms with van der Waals surface area (Å²) in [4.78, 5) is 12.3. The Morgan fingerprint density at radius 1 is 1.12 bits per heavy atom. The van der Waals surface area contributed by atoms with E-state index in [1.165, 1.54) is 38.5 Å². The SMILES string of the molecule is CC1CCC2(CC1)CCN([C-]=O)CC2.[CH3-].[Y]. The van der Waals surface area contributed by atoms with Gasteiger partial charge in [-0.25, -0.2) is 0 Å². The van der Waals surface area contributed by atoms with Gasteiger partial charge in [-0.15, -0.1) is 0 Å². The van der Waals surface area contributed by atoms with E-state index in [-0.39, 0.29) is 40.1 Å². The molecule has 1 aliphatic carbocycles. The summed E-state index contributed by atoms with van der Waals surface area (Å²) in [5.74, 6) is 0.927. The molecule has 1 saturated carbocycles. The normalized spacial score (nSPS) is 24.4. The molecule has 0 aromatic heterocycles. The van der Waals surface area contributed by atoms with Crippen LogP contribution in [0.1, 0.15) is 45.4 Å². The summed E-state index contributed by atoms with van der Waals surface area (Å²) >= 11 is 0. The zero-order chi connectivity index (χ0) is 10.0. The Hall–Kier alpha value is 0.574. The predicted molar refractivity (Wildman–Crippen MR) is 63.0 cm³/mol. The van der Waals surface area contributed by atoms with Crippen LogP contribution in [-0.2, 0) is 37.5 Å². The van der Waals surface area contributed by atoms with Crippen molar-refractivity contribution < 1.29 is 37.5 Å². The van der Waals surface area contributed by atoms with Crippen LogP contribution >= 0.6 is 0 Å². The van der Waals surface area contributed by atoms with Crippen LogP contribution < -0.4 is 0 Å². The molecule has 0 N–H and O–H groups in total. The third-order valence-electron chi connectivity index (χ3n) is 4.29. The van der Waals surface area contributed by atoms with Gasteiger partial charge < -0.3 is 17.1 Å². The van der Waals surface area contributed by atoms with E-state index in [1.54, 1.807) is 0 Å². The van der Waals surface area contributed by atoms with Crippen LogP contribution in [0, 0.1) is 18.8 Å². The van der Waals surface area contributed by atoms with Crippen molar-refractivity contribution in [1.29, 1.82) is 0 Å². The van der Waals surface area contributed by atoms with Crippen LogP contribution in [0.25, 0.3) is 0 Å². The van der Waals surface area contributed by atoms with E-state index < -0.39 is 0 Å². The second kappa shape index (κ2) is 7.11. The average molecular weight is 298 g/mol. The first-order valence-corrected chi connectivity index (χ1v) is 5.87. The van der Waals surface area contributed by atoms with Gasteiger partial charge in [-0.05, 0) is 50.1 Å². The van der Waals surface area contributed by atoms with Gasteiger partial charge in [0.2, 0.25) is 0 Å². The van der Waals surface area contributed by atoms with Crippen molar-refractivity contribution >= 4 is 6.41 Å². The zero-order valence-electron chi connectivity index (χ0n) is 10.7. The summed E-state index contributed by atoms with van der Waals surface area (Å²) in [6, 6.07) is 0. The molecule has 1 heterocycles. The molecule has 1 aliphatic heterocycles. The number of piperidine rings is 1. The van der Waals surface area contributed by atoms with Crippen LogP contribution in [-0.4, -0.2) is 24.4 Å². The summed E-state index contributed by atoms with van der Waals surface area (Å²) in [6.45, 7) is 4.25. The number of hydrogen-bond acceptors (Lipinski definition) is 1. The van der Waals surface area contributed by atoms with Crippen molar-refractivity contribution in [3.05, 3.63) is 7.43 Å². The minimum Gasteiger partial charge on any atom is -0.520 e. The van der Waals surface area contributed by atoms with Crippen molar-refractivity contribution in [3.63, 3.8) is 0 Å². The molecular weight excluding hydrogens is 275 g/mol. The summed E-state index contributed by atoms with van der Waals surface area (Å²) in [6.07, 6.45) is 10.0. The smallest absolute Gasteiger partial charge is 0 e. The maximum absolute atomic E-state index is 10.5. The van der Waals surface area contributed by atoms with Crippen LogP contribution in [0.2, 0.25) is 0 Å². The molecule has 2 nitrogen and oxygen atoms in total. The van der Waals surface area contributed by atoms with Crippen LogP contribution in [0.3, 0.4) is 0 Å². The molecule has 1 spiro atoms. The maximum atomic E-state index is 10.5. The molecule has 1 saturated heterocycles. The van der Waals surface area contributed by atoms with E-state index in [4.69, 9.17) is 0 Å². The number of likely N-dealkylation sites (tertiary alicyclic amines) is 1. The fourth-order valence-electron chi connectivity index (χ4n) is 2.95. The molecule has 2 aliphatic rings. The van der Waals surface area contributed by atoms with Gasteiger partial charge in [-0.3, -0.25) is 0 Å². The molecule has 16 heavy (non-hydrogen) atoms. The largest absolute Gasteiger partial charge is 0.520 e. The molecular formula is C13H23NOY-2. The van der Waals surface area contributed by atoms with E-state index >= 15 is 0 Å². The van der Waals surface area contributed by atoms with Gasteiger partial charge in [0.05, 0.1) is 0 Å². The third-order valence-corrected chi connectivity index (χ3v) is 4.29. The van der Waals surface area contributed by atoms with Crippen LogP contribution in [0.4, 0.5) is 0 Å². The Bertz CT molecular complexity index is 202. The molecule has 0 aromatic carbocycles. The fourth-order valence-corrected chi connectivity index (χ4v) is 2.95. The van der Waals surface area contributed by atoms with Crippen molar-refractivity contribution in [3.8, 4) is 0 Å². The summed E-state index contributed by atoms with van der Waals surface area (Å²) in [5, 5.41) is 0. The molecule has 0 atom stereocenters. The first-order chi connectivity index (χ1) is 6.74. The first-order valence-electron chi connectivity index (χ1n) is 5.87. The number of carbonyl (C=O) groups excluding carboxylic acids is 1. The molecule has 3 heteroatoms. The van der Waals surface area contributed by atoms with E-state index in [9.17, 15) is 4.79 Å². The van der Waals surface area contributed by atoms with E-state index in [2.05, 4.69) is 6.92 Å². The Labute approximate surface area is 125 Å². The number of amides is 1. The molecule has 2 fully saturated rings. The molecule has 2 rings (SSSR count). The van der Waals surface area contributed by atoms with Crippen molar-refractivity contribution in [2.45, 2.75) is 45.4 Å². The number of rotatable bonds is 1.